The number of pyridine rings is 1. The SMILES string of the molecule is O=C(c1cc(=O)c2cccc(F)c2[nH]1)N1CCC[C@]2(CCC[C@H]2O)C1. The number of nitrogens with one attached hydrogen (secondary N) is 1. The largest absolute Gasteiger partial charge is 0.392 e. The summed E-state index contributed by atoms with van der Waals surface area (Å²) in [5.41, 5.74) is -0.432. The number of rotatable bonds is 1. The van der Waals surface area contributed by atoms with E-state index in [1.807, 2.05) is 0 Å². The minimum absolute atomic E-state index is 0.0611. The van der Waals surface area contributed by atoms with E-state index in [-0.39, 0.29) is 39.5 Å². The van der Waals surface area contributed by atoms with Gasteiger partial charge >= 0.3 is 0 Å². The Labute approximate surface area is 144 Å². The molecule has 1 spiro atoms. The summed E-state index contributed by atoms with van der Waals surface area (Å²) < 4.78 is 14.0. The van der Waals surface area contributed by atoms with Gasteiger partial charge in [0.2, 0.25) is 0 Å². The topological polar surface area (TPSA) is 73.4 Å². The highest BCUT2D eigenvalue weighted by atomic mass is 19.1. The second-order valence-corrected chi connectivity index (χ2v) is 7.31. The molecule has 132 valence electrons. The molecule has 1 saturated heterocycles. The summed E-state index contributed by atoms with van der Waals surface area (Å²) in [4.78, 5) is 29.6. The van der Waals surface area contributed by atoms with Crippen LogP contribution in [0.25, 0.3) is 10.9 Å². The maximum absolute atomic E-state index is 14.0. The number of hydrogen-bond donors (Lipinski definition) is 2. The number of amides is 1. The van der Waals surface area contributed by atoms with E-state index in [4.69, 9.17) is 0 Å². The minimum atomic E-state index is -0.550. The maximum atomic E-state index is 14.0. The van der Waals surface area contributed by atoms with Gasteiger partial charge in [-0.25, -0.2) is 4.39 Å². The van der Waals surface area contributed by atoms with Crippen molar-refractivity contribution in [2.24, 2.45) is 5.41 Å². The van der Waals surface area contributed by atoms with Crippen LogP contribution < -0.4 is 5.43 Å². The molecule has 25 heavy (non-hydrogen) atoms. The first-order valence-electron chi connectivity index (χ1n) is 8.79. The van der Waals surface area contributed by atoms with Crippen LogP contribution in [0.15, 0.2) is 29.1 Å². The highest BCUT2D eigenvalue weighted by Gasteiger charge is 2.45. The smallest absolute Gasteiger partial charge is 0.270 e. The van der Waals surface area contributed by atoms with Crippen molar-refractivity contribution >= 4 is 16.8 Å². The molecule has 4 rings (SSSR count). The number of aliphatic hydroxyl groups excluding tert-OH is 1. The Bertz CT molecular complexity index is 894. The molecule has 2 aromatic rings. The van der Waals surface area contributed by atoms with Gasteiger partial charge in [0.1, 0.15) is 11.5 Å². The third-order valence-electron chi connectivity index (χ3n) is 5.80. The molecule has 2 atom stereocenters. The van der Waals surface area contributed by atoms with E-state index < -0.39 is 5.82 Å². The van der Waals surface area contributed by atoms with Crippen LogP contribution in [0.4, 0.5) is 4.39 Å². The van der Waals surface area contributed by atoms with E-state index in [0.717, 1.165) is 32.1 Å². The van der Waals surface area contributed by atoms with Crippen molar-refractivity contribution in [3.05, 3.63) is 46.0 Å². The van der Waals surface area contributed by atoms with Crippen LogP contribution in [0.2, 0.25) is 0 Å². The quantitative estimate of drug-likeness (QED) is 0.834. The van der Waals surface area contributed by atoms with E-state index >= 15 is 0 Å². The summed E-state index contributed by atoms with van der Waals surface area (Å²) in [5.74, 6) is -0.856. The predicted molar refractivity (Wildman–Crippen MR) is 92.0 cm³/mol. The molecule has 1 saturated carbocycles. The highest BCUT2D eigenvalue weighted by molar-refractivity contribution is 5.95. The molecule has 1 amide bonds. The summed E-state index contributed by atoms with van der Waals surface area (Å²) in [5, 5.41) is 10.6. The van der Waals surface area contributed by atoms with Gasteiger partial charge in [0.05, 0.1) is 11.6 Å². The number of benzene rings is 1. The van der Waals surface area contributed by atoms with Gasteiger partial charge in [-0.15, -0.1) is 0 Å². The minimum Gasteiger partial charge on any atom is -0.392 e. The molecular weight excluding hydrogens is 323 g/mol. The molecule has 1 aliphatic carbocycles. The number of halogens is 1. The van der Waals surface area contributed by atoms with Crippen LogP contribution in [0.3, 0.4) is 0 Å². The standard InChI is InChI=1S/C19H21FN2O3/c20-13-5-1-4-12-15(23)10-14(21-17(12)13)18(25)22-9-3-8-19(11-22)7-2-6-16(19)24/h1,4-5,10,16,24H,2-3,6-9,11H2,(H,21,23)/t16-,19-/m1/s1. The van der Waals surface area contributed by atoms with Crippen LogP contribution in [0.1, 0.15) is 42.6 Å². The van der Waals surface area contributed by atoms with Gasteiger partial charge in [-0.1, -0.05) is 12.5 Å². The fourth-order valence-corrected chi connectivity index (χ4v) is 4.45. The number of piperidine rings is 1. The lowest BCUT2D eigenvalue weighted by Crippen LogP contribution is -2.49. The van der Waals surface area contributed by atoms with E-state index in [9.17, 15) is 19.1 Å². The fraction of sp³-hybridized carbons (Fsp3) is 0.474. The van der Waals surface area contributed by atoms with E-state index in [1.165, 1.54) is 24.3 Å². The van der Waals surface area contributed by atoms with Crippen LogP contribution in [0, 0.1) is 11.2 Å². The zero-order valence-corrected chi connectivity index (χ0v) is 13.9. The second kappa shape index (κ2) is 5.95. The van der Waals surface area contributed by atoms with Gasteiger partial charge in [0, 0.05) is 30.0 Å². The third kappa shape index (κ3) is 2.65. The molecule has 1 aromatic heterocycles. The lowest BCUT2D eigenvalue weighted by molar-refractivity contribution is -0.00554. The van der Waals surface area contributed by atoms with Crippen molar-refractivity contribution in [1.29, 1.82) is 0 Å². The summed E-state index contributed by atoms with van der Waals surface area (Å²) >= 11 is 0. The average Bonchev–Trinajstić information content (AvgIpc) is 2.95. The van der Waals surface area contributed by atoms with Crippen molar-refractivity contribution in [1.82, 2.24) is 9.88 Å². The van der Waals surface area contributed by atoms with Gasteiger partial charge in [0.15, 0.2) is 5.43 Å². The summed E-state index contributed by atoms with van der Waals surface area (Å²) in [6.45, 7) is 1.08. The molecule has 5 nitrogen and oxygen atoms in total. The average molecular weight is 344 g/mol. The Hall–Kier alpha value is -2.21. The van der Waals surface area contributed by atoms with Crippen molar-refractivity contribution in [3.63, 3.8) is 0 Å². The first-order chi connectivity index (χ1) is 12.0. The molecule has 1 aromatic carbocycles. The summed E-state index contributed by atoms with van der Waals surface area (Å²) in [6.07, 6.45) is 4.04. The normalized spacial score (nSPS) is 26.5. The molecule has 2 aliphatic rings. The number of fused-ring (bicyclic) bond motifs is 1. The zero-order valence-electron chi connectivity index (χ0n) is 13.9. The molecule has 2 N–H and O–H groups in total. The predicted octanol–water partition coefficient (Wildman–Crippen LogP) is 2.43. The number of carbonyl (C=O) groups is 1. The highest BCUT2D eigenvalue weighted by Crippen LogP contribution is 2.45. The molecule has 0 bridgehead atoms. The maximum Gasteiger partial charge on any atom is 0.270 e. The Kier molecular flexibility index (Phi) is 3.87. The summed E-state index contributed by atoms with van der Waals surface area (Å²) in [7, 11) is 0. The van der Waals surface area contributed by atoms with Crippen molar-refractivity contribution in [3.8, 4) is 0 Å². The number of nitrogens with zero attached hydrogens (tertiary/aromatic N) is 1. The Balaban J connectivity index is 1.68. The number of para-hydroxylation sites is 1. The number of H-pyrrole nitrogens is 1. The summed E-state index contributed by atoms with van der Waals surface area (Å²) in [6, 6.07) is 5.52. The molecular formula is C19H21FN2O3. The second-order valence-electron chi connectivity index (χ2n) is 7.31. The first kappa shape index (κ1) is 16.3. The van der Waals surface area contributed by atoms with Crippen molar-refractivity contribution < 1.29 is 14.3 Å². The molecule has 0 radical (unpaired) electrons. The van der Waals surface area contributed by atoms with Crippen LogP contribution in [0.5, 0.6) is 0 Å². The molecule has 2 fully saturated rings. The lowest BCUT2D eigenvalue weighted by atomic mass is 9.76. The monoisotopic (exact) mass is 344 g/mol. The molecule has 2 heterocycles. The number of hydrogen-bond acceptors (Lipinski definition) is 3. The van der Waals surface area contributed by atoms with Gasteiger partial charge in [-0.05, 0) is 37.8 Å². The van der Waals surface area contributed by atoms with E-state index in [0.29, 0.717) is 13.1 Å². The van der Waals surface area contributed by atoms with Crippen molar-refractivity contribution in [2.75, 3.05) is 13.1 Å². The number of aromatic nitrogens is 1. The van der Waals surface area contributed by atoms with Gasteiger partial charge in [-0.2, -0.15) is 0 Å². The van der Waals surface area contributed by atoms with Gasteiger partial charge < -0.3 is 15.0 Å². The van der Waals surface area contributed by atoms with Gasteiger partial charge in [0.25, 0.3) is 5.91 Å². The Morgan fingerprint density at radius 1 is 1.32 bits per heavy atom. The Morgan fingerprint density at radius 3 is 2.88 bits per heavy atom. The van der Waals surface area contributed by atoms with Crippen molar-refractivity contribution in [2.45, 2.75) is 38.2 Å². The van der Waals surface area contributed by atoms with Crippen LogP contribution in [-0.4, -0.2) is 40.1 Å². The van der Waals surface area contributed by atoms with E-state index in [1.54, 1.807) is 4.90 Å². The number of carbonyl (C=O) groups excluding carboxylic acids is 1. The molecule has 1 aliphatic heterocycles. The van der Waals surface area contributed by atoms with Crippen LogP contribution in [-0.2, 0) is 0 Å². The number of likely N-dealkylation sites (tertiary alicyclic amines) is 1. The fourth-order valence-electron chi connectivity index (χ4n) is 4.45. The first-order valence-corrected chi connectivity index (χ1v) is 8.79. The third-order valence-corrected chi connectivity index (χ3v) is 5.80. The number of aliphatic hydroxyl groups is 1. The van der Waals surface area contributed by atoms with Gasteiger partial charge in [-0.3, -0.25) is 9.59 Å². The lowest BCUT2D eigenvalue weighted by Gasteiger charge is -2.42. The Morgan fingerprint density at radius 2 is 2.12 bits per heavy atom. The zero-order chi connectivity index (χ0) is 17.6. The molecule has 0 unspecified atom stereocenters. The van der Waals surface area contributed by atoms with Crippen LogP contribution >= 0.6 is 0 Å². The molecule has 6 heteroatoms. The van der Waals surface area contributed by atoms with E-state index in [2.05, 4.69) is 4.98 Å². The number of aromatic amines is 1.